The van der Waals surface area contributed by atoms with Crippen LogP contribution in [-0.2, 0) is 4.74 Å². The number of fused-ring (bicyclic) bond motifs is 2. The van der Waals surface area contributed by atoms with E-state index in [1.165, 1.54) is 12.8 Å². The predicted molar refractivity (Wildman–Crippen MR) is 37.5 cm³/mol. The van der Waals surface area contributed by atoms with Gasteiger partial charge in [-0.3, -0.25) is 0 Å². The van der Waals surface area contributed by atoms with E-state index in [0.29, 0.717) is 24.7 Å². The zero-order chi connectivity index (χ0) is 6.97. The molecule has 0 radical (unpaired) electrons. The SMILES string of the molecule is [C-]#[N+]CC1CC2CCC1O2. The maximum atomic E-state index is 6.72. The first-order valence-corrected chi connectivity index (χ1v) is 3.89. The fourth-order valence-electron chi connectivity index (χ4n) is 2.05. The van der Waals surface area contributed by atoms with E-state index in [4.69, 9.17) is 11.3 Å². The third-order valence-electron chi connectivity index (χ3n) is 2.56. The molecule has 10 heavy (non-hydrogen) atoms. The van der Waals surface area contributed by atoms with Gasteiger partial charge in [0.1, 0.15) is 0 Å². The smallest absolute Gasteiger partial charge is 0.220 e. The van der Waals surface area contributed by atoms with Gasteiger partial charge in [0.2, 0.25) is 6.54 Å². The van der Waals surface area contributed by atoms with Gasteiger partial charge in [0.25, 0.3) is 0 Å². The monoisotopic (exact) mass is 137 g/mol. The molecule has 2 bridgehead atoms. The zero-order valence-electron chi connectivity index (χ0n) is 5.92. The standard InChI is InChI=1S/C8H11NO/c1-9-5-6-4-7-2-3-8(6)10-7/h6-8H,2-5H2. The lowest BCUT2D eigenvalue weighted by Crippen LogP contribution is -2.18. The van der Waals surface area contributed by atoms with Crippen LogP contribution >= 0.6 is 0 Å². The highest BCUT2D eigenvalue weighted by molar-refractivity contribution is 4.92. The fourth-order valence-corrected chi connectivity index (χ4v) is 2.05. The number of ether oxygens (including phenoxy) is 1. The van der Waals surface area contributed by atoms with E-state index >= 15 is 0 Å². The minimum absolute atomic E-state index is 0.444. The average molecular weight is 137 g/mol. The first-order valence-electron chi connectivity index (χ1n) is 3.89. The van der Waals surface area contributed by atoms with E-state index < -0.39 is 0 Å². The molecule has 0 aromatic heterocycles. The quantitative estimate of drug-likeness (QED) is 0.499. The minimum atomic E-state index is 0.444. The molecule has 54 valence electrons. The maximum absolute atomic E-state index is 6.72. The molecule has 2 heterocycles. The molecule has 0 saturated carbocycles. The van der Waals surface area contributed by atoms with Gasteiger partial charge in [0, 0.05) is 0 Å². The van der Waals surface area contributed by atoms with Crippen LogP contribution in [0.4, 0.5) is 0 Å². The molecule has 2 heteroatoms. The van der Waals surface area contributed by atoms with E-state index in [1.807, 2.05) is 0 Å². The van der Waals surface area contributed by atoms with Gasteiger partial charge >= 0.3 is 0 Å². The fraction of sp³-hybridized carbons (Fsp3) is 0.875. The van der Waals surface area contributed by atoms with Gasteiger partial charge < -0.3 is 9.58 Å². The minimum Gasteiger partial charge on any atom is -0.374 e. The summed E-state index contributed by atoms with van der Waals surface area (Å²) in [6, 6.07) is 0. The third-order valence-corrected chi connectivity index (χ3v) is 2.56. The van der Waals surface area contributed by atoms with E-state index in [1.54, 1.807) is 0 Å². The van der Waals surface area contributed by atoms with Crippen LogP contribution in [0.1, 0.15) is 19.3 Å². The van der Waals surface area contributed by atoms with Crippen LogP contribution in [0.25, 0.3) is 4.85 Å². The summed E-state index contributed by atoms with van der Waals surface area (Å²) in [5.74, 6) is 0.566. The second-order valence-corrected chi connectivity index (χ2v) is 3.21. The number of hydrogen-bond donors (Lipinski definition) is 0. The molecule has 2 aliphatic heterocycles. The molecule has 0 N–H and O–H groups in total. The Morgan fingerprint density at radius 3 is 2.90 bits per heavy atom. The van der Waals surface area contributed by atoms with Crippen molar-refractivity contribution in [1.29, 1.82) is 0 Å². The third kappa shape index (κ3) is 0.819. The van der Waals surface area contributed by atoms with Crippen molar-refractivity contribution in [1.82, 2.24) is 0 Å². The molecule has 2 rings (SSSR count). The highest BCUT2D eigenvalue weighted by Crippen LogP contribution is 2.38. The molecule has 0 aromatic carbocycles. The summed E-state index contributed by atoms with van der Waals surface area (Å²) in [6.45, 7) is 7.40. The summed E-state index contributed by atoms with van der Waals surface area (Å²) < 4.78 is 5.59. The summed E-state index contributed by atoms with van der Waals surface area (Å²) in [5.41, 5.74) is 0. The van der Waals surface area contributed by atoms with Gasteiger partial charge in [-0.2, -0.15) is 0 Å². The Morgan fingerprint density at radius 2 is 2.40 bits per heavy atom. The molecule has 2 saturated heterocycles. The largest absolute Gasteiger partial charge is 0.374 e. The van der Waals surface area contributed by atoms with E-state index in [2.05, 4.69) is 4.85 Å². The van der Waals surface area contributed by atoms with Crippen LogP contribution in [0.3, 0.4) is 0 Å². The first kappa shape index (κ1) is 6.18. The molecule has 2 nitrogen and oxygen atoms in total. The number of nitrogens with zero attached hydrogens (tertiary/aromatic N) is 1. The van der Waals surface area contributed by atoms with Crippen molar-refractivity contribution in [2.45, 2.75) is 31.5 Å². The second-order valence-electron chi connectivity index (χ2n) is 3.21. The summed E-state index contributed by atoms with van der Waals surface area (Å²) >= 11 is 0. The van der Waals surface area contributed by atoms with Crippen LogP contribution in [0.15, 0.2) is 0 Å². The van der Waals surface area contributed by atoms with Gasteiger partial charge in [-0.05, 0) is 19.3 Å². The topological polar surface area (TPSA) is 13.6 Å². The van der Waals surface area contributed by atoms with Crippen LogP contribution in [0.5, 0.6) is 0 Å². The Bertz CT molecular complexity index is 173. The first-order chi connectivity index (χ1) is 4.90. The molecule has 3 atom stereocenters. The van der Waals surface area contributed by atoms with Crippen LogP contribution in [0, 0.1) is 12.5 Å². The van der Waals surface area contributed by atoms with Crippen LogP contribution in [-0.4, -0.2) is 18.8 Å². The van der Waals surface area contributed by atoms with E-state index in [9.17, 15) is 0 Å². The molecular formula is C8H11NO. The number of hydrogen-bond acceptors (Lipinski definition) is 1. The Kier molecular flexibility index (Phi) is 1.39. The van der Waals surface area contributed by atoms with Crippen molar-refractivity contribution in [3.05, 3.63) is 11.4 Å². The highest BCUT2D eigenvalue weighted by atomic mass is 16.5. The molecule has 2 fully saturated rings. The average Bonchev–Trinajstić information content (AvgIpc) is 2.48. The maximum Gasteiger partial charge on any atom is 0.220 e. The summed E-state index contributed by atoms with van der Waals surface area (Å²) in [7, 11) is 0. The zero-order valence-corrected chi connectivity index (χ0v) is 5.92. The van der Waals surface area contributed by atoms with E-state index in [0.717, 1.165) is 6.42 Å². The molecule has 3 unspecified atom stereocenters. The van der Waals surface area contributed by atoms with Crippen molar-refractivity contribution >= 4 is 0 Å². The second kappa shape index (κ2) is 2.25. The lowest BCUT2D eigenvalue weighted by atomic mass is 9.89. The van der Waals surface area contributed by atoms with Gasteiger partial charge in [0.05, 0.1) is 18.1 Å². The molecule has 2 aliphatic rings. The molecule has 0 spiro atoms. The summed E-state index contributed by atoms with van der Waals surface area (Å²) in [4.78, 5) is 3.41. The highest BCUT2D eigenvalue weighted by Gasteiger charge is 2.42. The normalized spacial score (nSPS) is 43.7. The summed E-state index contributed by atoms with van der Waals surface area (Å²) in [6.07, 6.45) is 4.53. The predicted octanol–water partition coefficient (Wildman–Crippen LogP) is 1.47. The lowest BCUT2D eigenvalue weighted by Gasteiger charge is -2.11. The van der Waals surface area contributed by atoms with Gasteiger partial charge in [-0.15, -0.1) is 0 Å². The Labute approximate surface area is 61.0 Å². The van der Waals surface area contributed by atoms with Crippen molar-refractivity contribution < 1.29 is 4.74 Å². The Balaban J connectivity index is 1.97. The van der Waals surface area contributed by atoms with Crippen molar-refractivity contribution in [2.75, 3.05) is 6.54 Å². The van der Waals surface area contributed by atoms with Gasteiger partial charge in [0.15, 0.2) is 0 Å². The number of rotatable bonds is 1. The van der Waals surface area contributed by atoms with Gasteiger partial charge in [-0.25, -0.2) is 6.57 Å². The summed E-state index contributed by atoms with van der Waals surface area (Å²) in [5, 5.41) is 0. The molecule has 0 amide bonds. The lowest BCUT2D eigenvalue weighted by molar-refractivity contribution is 0.0945. The van der Waals surface area contributed by atoms with E-state index in [-0.39, 0.29) is 0 Å². The molecule has 0 aromatic rings. The van der Waals surface area contributed by atoms with Crippen LogP contribution < -0.4 is 0 Å². The van der Waals surface area contributed by atoms with Crippen molar-refractivity contribution in [2.24, 2.45) is 5.92 Å². The Morgan fingerprint density at radius 1 is 1.50 bits per heavy atom. The van der Waals surface area contributed by atoms with Gasteiger partial charge in [-0.1, -0.05) is 0 Å². The van der Waals surface area contributed by atoms with Crippen molar-refractivity contribution in [3.8, 4) is 0 Å². The Hall–Kier alpha value is -0.550. The molecular weight excluding hydrogens is 126 g/mol. The van der Waals surface area contributed by atoms with Crippen LogP contribution in [0.2, 0.25) is 0 Å². The van der Waals surface area contributed by atoms with Crippen molar-refractivity contribution in [3.63, 3.8) is 0 Å². The molecule has 0 aliphatic carbocycles.